The molecule has 0 atom stereocenters. The van der Waals surface area contributed by atoms with Crippen LogP contribution in [-0.4, -0.2) is 34.2 Å². The van der Waals surface area contributed by atoms with Gasteiger partial charge in [0.25, 0.3) is 0 Å². The van der Waals surface area contributed by atoms with E-state index in [1.54, 1.807) is 18.9 Å². The molecule has 0 unspecified atom stereocenters. The van der Waals surface area contributed by atoms with Crippen LogP contribution in [0.25, 0.3) is 11.0 Å². The number of thioether (sulfide) groups is 1. The zero-order chi connectivity index (χ0) is 21.6. The van der Waals surface area contributed by atoms with Gasteiger partial charge in [0.05, 0.1) is 29.8 Å². The highest BCUT2D eigenvalue weighted by atomic mass is 32.2. The molecule has 0 fully saturated rings. The van der Waals surface area contributed by atoms with Crippen molar-refractivity contribution in [1.29, 1.82) is 0 Å². The van der Waals surface area contributed by atoms with Gasteiger partial charge in [-0.15, -0.1) is 11.3 Å². The minimum atomic E-state index is -0.0567. The Balaban J connectivity index is 1.38. The maximum absolute atomic E-state index is 12.3. The van der Waals surface area contributed by atoms with E-state index in [4.69, 9.17) is 9.72 Å². The molecule has 2 heterocycles. The molecule has 1 amide bonds. The molecule has 4 rings (SSSR count). The largest absolute Gasteiger partial charge is 0.383 e. The number of para-hydroxylation sites is 2. The Morgan fingerprint density at radius 3 is 2.77 bits per heavy atom. The number of hydrogen-bond donors (Lipinski definition) is 1. The smallest absolute Gasteiger partial charge is 0.231 e. The molecule has 8 heteroatoms. The fourth-order valence-electron chi connectivity index (χ4n) is 3.18. The highest BCUT2D eigenvalue weighted by molar-refractivity contribution is 7.98. The molecule has 31 heavy (non-hydrogen) atoms. The Hall–Kier alpha value is -2.68. The molecule has 1 N–H and O–H groups in total. The number of thiazole rings is 1. The fraction of sp³-hybridized carbons (Fsp3) is 0.261. The molecule has 2 aromatic heterocycles. The van der Waals surface area contributed by atoms with E-state index < -0.39 is 0 Å². The summed E-state index contributed by atoms with van der Waals surface area (Å²) in [5, 5.41) is 6.70. The summed E-state index contributed by atoms with van der Waals surface area (Å²) in [6.45, 7) is 3.40. The van der Waals surface area contributed by atoms with E-state index in [0.717, 1.165) is 44.7 Å². The second-order valence-electron chi connectivity index (χ2n) is 7.14. The Morgan fingerprint density at radius 2 is 1.97 bits per heavy atom. The number of anilines is 1. The van der Waals surface area contributed by atoms with Crippen molar-refractivity contribution in [2.45, 2.75) is 30.8 Å². The van der Waals surface area contributed by atoms with Crippen LogP contribution in [0.15, 0.2) is 59.1 Å². The first-order valence-electron chi connectivity index (χ1n) is 9.99. The molecule has 0 radical (unpaired) electrons. The predicted molar refractivity (Wildman–Crippen MR) is 127 cm³/mol. The first-order chi connectivity index (χ1) is 15.1. The van der Waals surface area contributed by atoms with Crippen LogP contribution in [0.5, 0.6) is 0 Å². The highest BCUT2D eigenvalue weighted by Crippen LogP contribution is 2.27. The molecule has 0 aliphatic rings. The lowest BCUT2D eigenvalue weighted by Crippen LogP contribution is -2.14. The molecule has 4 aromatic rings. The molecule has 0 saturated carbocycles. The molecule has 0 aliphatic heterocycles. The Bertz CT molecular complexity index is 1170. The van der Waals surface area contributed by atoms with E-state index in [9.17, 15) is 4.79 Å². The third-order valence-electron chi connectivity index (χ3n) is 4.73. The number of nitrogens with zero attached hydrogens (tertiary/aromatic N) is 3. The van der Waals surface area contributed by atoms with Gasteiger partial charge in [0.2, 0.25) is 5.91 Å². The molecule has 0 bridgehead atoms. The van der Waals surface area contributed by atoms with Crippen LogP contribution in [0.1, 0.15) is 16.3 Å². The first-order valence-corrected chi connectivity index (χ1v) is 11.9. The van der Waals surface area contributed by atoms with Gasteiger partial charge < -0.3 is 14.6 Å². The van der Waals surface area contributed by atoms with Crippen molar-refractivity contribution in [1.82, 2.24) is 14.5 Å². The second-order valence-corrected chi connectivity index (χ2v) is 9.02. The van der Waals surface area contributed by atoms with Crippen molar-refractivity contribution in [2.24, 2.45) is 0 Å². The van der Waals surface area contributed by atoms with Crippen molar-refractivity contribution in [2.75, 3.05) is 19.0 Å². The standard InChI is InChI=1S/C23H24N4O2S2/c1-16-7-9-17(10-8-16)24-21(28)13-22-25-18(14-30-22)15-31-23-26-19-5-3-4-6-20(19)27(23)11-12-29-2/h3-10,14H,11-13,15H2,1-2H3,(H,24,28). The van der Waals surface area contributed by atoms with Crippen LogP contribution in [0.2, 0.25) is 0 Å². The number of aryl methyl sites for hydroxylation is 1. The van der Waals surface area contributed by atoms with Gasteiger partial charge in [-0.2, -0.15) is 0 Å². The topological polar surface area (TPSA) is 69.0 Å². The van der Waals surface area contributed by atoms with Gasteiger partial charge in [0.1, 0.15) is 5.01 Å². The summed E-state index contributed by atoms with van der Waals surface area (Å²) >= 11 is 3.17. The Labute approximate surface area is 189 Å². The quantitative estimate of drug-likeness (QED) is 0.365. The van der Waals surface area contributed by atoms with Crippen LogP contribution >= 0.6 is 23.1 Å². The maximum Gasteiger partial charge on any atom is 0.231 e. The third kappa shape index (κ3) is 5.52. The SMILES string of the molecule is COCCn1c(SCc2csc(CC(=O)Nc3ccc(C)cc3)n2)nc2ccccc21. The van der Waals surface area contributed by atoms with E-state index in [1.165, 1.54) is 11.3 Å². The molecular formula is C23H24N4O2S2. The summed E-state index contributed by atoms with van der Waals surface area (Å²) in [4.78, 5) is 21.7. The van der Waals surface area contributed by atoms with E-state index >= 15 is 0 Å². The average Bonchev–Trinajstić information content (AvgIpc) is 3.36. The first kappa shape index (κ1) is 21.5. The average molecular weight is 453 g/mol. The number of aromatic nitrogens is 3. The Kier molecular flexibility index (Phi) is 7.01. The van der Waals surface area contributed by atoms with E-state index in [0.29, 0.717) is 12.4 Å². The van der Waals surface area contributed by atoms with Gasteiger partial charge in [0.15, 0.2) is 5.16 Å². The van der Waals surface area contributed by atoms with Crippen LogP contribution in [-0.2, 0) is 28.2 Å². The summed E-state index contributed by atoms with van der Waals surface area (Å²) in [6.07, 6.45) is 0.273. The minimum absolute atomic E-state index is 0.0567. The lowest BCUT2D eigenvalue weighted by Gasteiger charge is -2.07. The lowest BCUT2D eigenvalue weighted by molar-refractivity contribution is -0.115. The number of benzene rings is 2. The normalized spacial score (nSPS) is 11.2. The van der Waals surface area contributed by atoms with Crippen molar-refractivity contribution < 1.29 is 9.53 Å². The number of imidazole rings is 1. The molecule has 0 saturated heterocycles. The number of carbonyl (C=O) groups excluding carboxylic acids is 1. The maximum atomic E-state index is 12.3. The van der Waals surface area contributed by atoms with Crippen molar-refractivity contribution in [3.8, 4) is 0 Å². The van der Waals surface area contributed by atoms with Crippen LogP contribution in [0.3, 0.4) is 0 Å². The monoisotopic (exact) mass is 452 g/mol. The molecular weight excluding hydrogens is 428 g/mol. The highest BCUT2D eigenvalue weighted by Gasteiger charge is 2.13. The molecule has 2 aromatic carbocycles. The van der Waals surface area contributed by atoms with Gasteiger partial charge in [-0.05, 0) is 31.2 Å². The number of nitrogens with one attached hydrogen (secondary N) is 1. The summed E-state index contributed by atoms with van der Waals surface area (Å²) in [5.74, 6) is 0.644. The van der Waals surface area contributed by atoms with Gasteiger partial charge in [-0.3, -0.25) is 4.79 Å². The molecule has 0 aliphatic carbocycles. The van der Waals surface area contributed by atoms with Crippen LogP contribution < -0.4 is 5.32 Å². The number of hydrogen-bond acceptors (Lipinski definition) is 6. The number of fused-ring (bicyclic) bond motifs is 1. The van der Waals surface area contributed by atoms with Gasteiger partial charge >= 0.3 is 0 Å². The lowest BCUT2D eigenvalue weighted by atomic mass is 10.2. The van der Waals surface area contributed by atoms with Crippen LogP contribution in [0.4, 0.5) is 5.69 Å². The fourth-order valence-corrected chi connectivity index (χ4v) is 5.01. The van der Waals surface area contributed by atoms with Crippen molar-refractivity contribution in [3.05, 3.63) is 70.2 Å². The van der Waals surface area contributed by atoms with Crippen molar-refractivity contribution in [3.63, 3.8) is 0 Å². The van der Waals surface area contributed by atoms with E-state index in [1.807, 2.05) is 54.8 Å². The van der Waals surface area contributed by atoms with Gasteiger partial charge in [-0.1, -0.05) is 41.6 Å². The molecule has 0 spiro atoms. The van der Waals surface area contributed by atoms with Crippen molar-refractivity contribution >= 4 is 45.7 Å². The summed E-state index contributed by atoms with van der Waals surface area (Å²) in [5.41, 5.74) is 5.01. The predicted octanol–water partition coefficient (Wildman–Crippen LogP) is 4.92. The zero-order valence-electron chi connectivity index (χ0n) is 17.5. The van der Waals surface area contributed by atoms with Gasteiger partial charge in [-0.25, -0.2) is 9.97 Å². The summed E-state index contributed by atoms with van der Waals surface area (Å²) in [6, 6.07) is 15.9. The number of carbonyl (C=O) groups is 1. The number of rotatable bonds is 9. The van der Waals surface area contributed by atoms with Crippen LogP contribution in [0, 0.1) is 6.92 Å². The zero-order valence-corrected chi connectivity index (χ0v) is 19.1. The minimum Gasteiger partial charge on any atom is -0.383 e. The summed E-state index contributed by atoms with van der Waals surface area (Å²) in [7, 11) is 1.71. The Morgan fingerprint density at radius 1 is 1.16 bits per heavy atom. The second kappa shape index (κ2) is 10.1. The van der Waals surface area contributed by atoms with E-state index in [-0.39, 0.29) is 12.3 Å². The molecule has 160 valence electrons. The third-order valence-corrected chi connectivity index (χ3v) is 6.64. The number of methoxy groups -OCH3 is 1. The summed E-state index contributed by atoms with van der Waals surface area (Å²) < 4.78 is 7.45. The number of ether oxygens (including phenoxy) is 1. The van der Waals surface area contributed by atoms with Gasteiger partial charge in [0, 0.05) is 30.5 Å². The molecule has 6 nitrogen and oxygen atoms in total. The number of amides is 1. The van der Waals surface area contributed by atoms with E-state index in [2.05, 4.69) is 20.9 Å².